The summed E-state index contributed by atoms with van der Waals surface area (Å²) in [6.45, 7) is 0.248. The van der Waals surface area contributed by atoms with E-state index >= 15 is 0 Å². The van der Waals surface area contributed by atoms with Crippen LogP contribution < -0.4 is 14.4 Å². The van der Waals surface area contributed by atoms with Crippen LogP contribution in [0.4, 0.5) is 5.69 Å². The molecule has 4 nitrogen and oxygen atoms in total. The third kappa shape index (κ3) is 2.89. The second-order valence-corrected chi connectivity index (χ2v) is 4.68. The van der Waals surface area contributed by atoms with Gasteiger partial charge in [0.2, 0.25) is 6.79 Å². The highest BCUT2D eigenvalue weighted by Crippen LogP contribution is 2.32. The topological polar surface area (TPSA) is 38.8 Å². The highest BCUT2D eigenvalue weighted by molar-refractivity contribution is 6.03. The molecule has 0 radical (unpaired) electrons. The van der Waals surface area contributed by atoms with Gasteiger partial charge in [0.1, 0.15) is 0 Å². The lowest BCUT2D eigenvalue weighted by Gasteiger charge is -2.14. The monoisotopic (exact) mass is 281 g/mol. The molecule has 3 rings (SSSR count). The SMILES string of the molecule is CN(C(=O)/C=C/c1ccc2c(c1)OCO2)c1ccccc1. The first-order valence-corrected chi connectivity index (χ1v) is 6.64. The van der Waals surface area contributed by atoms with Crippen molar-refractivity contribution in [2.45, 2.75) is 0 Å². The summed E-state index contributed by atoms with van der Waals surface area (Å²) >= 11 is 0. The Morgan fingerprint density at radius 3 is 2.67 bits per heavy atom. The van der Waals surface area contributed by atoms with Crippen molar-refractivity contribution in [3.05, 3.63) is 60.2 Å². The van der Waals surface area contributed by atoms with Crippen LogP contribution in [-0.4, -0.2) is 19.7 Å². The fraction of sp³-hybridized carbons (Fsp3) is 0.118. The van der Waals surface area contributed by atoms with Crippen molar-refractivity contribution >= 4 is 17.7 Å². The van der Waals surface area contributed by atoms with Gasteiger partial charge in [-0.3, -0.25) is 4.79 Å². The molecule has 2 aromatic rings. The van der Waals surface area contributed by atoms with E-state index in [4.69, 9.17) is 9.47 Å². The zero-order valence-electron chi connectivity index (χ0n) is 11.7. The molecule has 0 spiro atoms. The predicted octanol–water partition coefficient (Wildman–Crippen LogP) is 3.09. The molecule has 1 aliphatic rings. The lowest BCUT2D eigenvalue weighted by molar-refractivity contribution is -0.113. The Balaban J connectivity index is 1.72. The van der Waals surface area contributed by atoms with Crippen LogP contribution in [0.2, 0.25) is 0 Å². The van der Waals surface area contributed by atoms with Crippen LogP contribution in [0.5, 0.6) is 11.5 Å². The van der Waals surface area contributed by atoms with Crippen molar-refractivity contribution in [1.82, 2.24) is 0 Å². The third-order valence-corrected chi connectivity index (χ3v) is 3.29. The van der Waals surface area contributed by atoms with Gasteiger partial charge in [-0.1, -0.05) is 24.3 Å². The highest BCUT2D eigenvalue weighted by atomic mass is 16.7. The first-order valence-electron chi connectivity index (χ1n) is 6.64. The third-order valence-electron chi connectivity index (χ3n) is 3.29. The number of anilines is 1. The average molecular weight is 281 g/mol. The summed E-state index contributed by atoms with van der Waals surface area (Å²) in [5.74, 6) is 1.36. The largest absolute Gasteiger partial charge is 0.454 e. The van der Waals surface area contributed by atoms with E-state index in [2.05, 4.69) is 0 Å². The van der Waals surface area contributed by atoms with Gasteiger partial charge in [-0.25, -0.2) is 0 Å². The smallest absolute Gasteiger partial charge is 0.250 e. The molecule has 0 saturated heterocycles. The molecule has 0 aliphatic carbocycles. The maximum atomic E-state index is 12.1. The molecule has 106 valence electrons. The lowest BCUT2D eigenvalue weighted by atomic mass is 10.2. The highest BCUT2D eigenvalue weighted by Gasteiger charge is 2.12. The predicted molar refractivity (Wildman–Crippen MR) is 81.5 cm³/mol. The summed E-state index contributed by atoms with van der Waals surface area (Å²) in [5, 5.41) is 0. The van der Waals surface area contributed by atoms with Crippen LogP contribution in [0, 0.1) is 0 Å². The molecule has 0 unspecified atom stereocenters. The van der Waals surface area contributed by atoms with Gasteiger partial charge in [0.05, 0.1) is 0 Å². The van der Waals surface area contributed by atoms with Crippen molar-refractivity contribution in [2.24, 2.45) is 0 Å². The number of fused-ring (bicyclic) bond motifs is 1. The zero-order chi connectivity index (χ0) is 14.7. The number of likely N-dealkylation sites (N-methyl/N-ethyl adjacent to an activating group) is 1. The molecule has 1 amide bonds. The molecule has 21 heavy (non-hydrogen) atoms. The van der Waals surface area contributed by atoms with Gasteiger partial charge in [-0.2, -0.15) is 0 Å². The van der Waals surface area contributed by atoms with Gasteiger partial charge in [0.25, 0.3) is 5.91 Å². The van der Waals surface area contributed by atoms with Gasteiger partial charge in [0.15, 0.2) is 11.5 Å². The van der Waals surface area contributed by atoms with Crippen LogP contribution in [0.3, 0.4) is 0 Å². The molecule has 4 heteroatoms. The Hall–Kier alpha value is -2.75. The summed E-state index contributed by atoms with van der Waals surface area (Å²) in [4.78, 5) is 13.7. The number of nitrogens with zero attached hydrogens (tertiary/aromatic N) is 1. The van der Waals surface area contributed by atoms with E-state index in [-0.39, 0.29) is 12.7 Å². The molecule has 0 atom stereocenters. The zero-order valence-corrected chi connectivity index (χ0v) is 11.7. The molecule has 0 bridgehead atoms. The number of carbonyl (C=O) groups excluding carboxylic acids is 1. The second-order valence-electron chi connectivity index (χ2n) is 4.68. The van der Waals surface area contributed by atoms with Gasteiger partial charge in [-0.15, -0.1) is 0 Å². The minimum Gasteiger partial charge on any atom is -0.454 e. The number of hydrogen-bond donors (Lipinski definition) is 0. The van der Waals surface area contributed by atoms with Crippen LogP contribution >= 0.6 is 0 Å². The van der Waals surface area contributed by atoms with Crippen molar-refractivity contribution in [1.29, 1.82) is 0 Å². The minimum absolute atomic E-state index is 0.0844. The summed E-state index contributed by atoms with van der Waals surface area (Å²) in [6, 6.07) is 15.1. The van der Waals surface area contributed by atoms with E-state index in [0.717, 1.165) is 17.0 Å². The van der Waals surface area contributed by atoms with Crippen LogP contribution in [-0.2, 0) is 4.79 Å². The van der Waals surface area contributed by atoms with E-state index in [1.54, 1.807) is 24.1 Å². The number of amides is 1. The first kappa shape index (κ1) is 13.2. The summed E-state index contributed by atoms with van der Waals surface area (Å²) in [7, 11) is 1.75. The number of benzene rings is 2. The fourth-order valence-electron chi connectivity index (χ4n) is 2.07. The quantitative estimate of drug-likeness (QED) is 0.811. The molecule has 0 fully saturated rings. The van der Waals surface area contributed by atoms with Crippen molar-refractivity contribution < 1.29 is 14.3 Å². The number of ether oxygens (including phenoxy) is 2. The Morgan fingerprint density at radius 1 is 1.10 bits per heavy atom. The van der Waals surface area contributed by atoms with E-state index in [1.807, 2.05) is 48.5 Å². The number of para-hydroxylation sites is 1. The van der Waals surface area contributed by atoms with Crippen LogP contribution in [0.25, 0.3) is 6.08 Å². The summed E-state index contributed by atoms with van der Waals surface area (Å²) < 4.78 is 10.6. The Labute approximate surface area is 123 Å². The minimum atomic E-state index is -0.0844. The van der Waals surface area contributed by atoms with E-state index in [9.17, 15) is 4.79 Å². The van der Waals surface area contributed by atoms with E-state index in [0.29, 0.717) is 5.75 Å². The summed E-state index contributed by atoms with van der Waals surface area (Å²) in [6.07, 6.45) is 3.31. The van der Waals surface area contributed by atoms with Gasteiger partial charge >= 0.3 is 0 Å². The average Bonchev–Trinajstić information content (AvgIpc) is 3.00. The Bertz CT molecular complexity index is 680. The maximum Gasteiger partial charge on any atom is 0.250 e. The molecule has 2 aromatic carbocycles. The number of rotatable bonds is 3. The molecular formula is C17H15NO3. The molecule has 0 N–H and O–H groups in total. The molecule has 1 aliphatic heterocycles. The molecule has 1 heterocycles. The molecular weight excluding hydrogens is 266 g/mol. The maximum absolute atomic E-state index is 12.1. The van der Waals surface area contributed by atoms with Crippen LogP contribution in [0.1, 0.15) is 5.56 Å². The van der Waals surface area contributed by atoms with E-state index in [1.165, 1.54) is 0 Å². The van der Waals surface area contributed by atoms with Gasteiger partial charge < -0.3 is 14.4 Å². The molecule has 0 aromatic heterocycles. The number of carbonyl (C=O) groups is 1. The van der Waals surface area contributed by atoms with E-state index < -0.39 is 0 Å². The standard InChI is InChI=1S/C17H15NO3/c1-18(14-5-3-2-4-6-14)17(19)10-8-13-7-9-15-16(11-13)21-12-20-15/h2-11H,12H2,1H3/b10-8+. The lowest BCUT2D eigenvalue weighted by Crippen LogP contribution is -2.23. The van der Waals surface area contributed by atoms with Crippen molar-refractivity contribution in [2.75, 3.05) is 18.7 Å². The van der Waals surface area contributed by atoms with Crippen LogP contribution in [0.15, 0.2) is 54.6 Å². The summed E-state index contributed by atoms with van der Waals surface area (Å²) in [5.41, 5.74) is 1.76. The van der Waals surface area contributed by atoms with Gasteiger partial charge in [0, 0.05) is 18.8 Å². The Kier molecular flexibility index (Phi) is 3.60. The Morgan fingerprint density at radius 2 is 1.86 bits per heavy atom. The fourth-order valence-corrected chi connectivity index (χ4v) is 2.07. The normalized spacial score (nSPS) is 12.6. The van der Waals surface area contributed by atoms with Crippen molar-refractivity contribution in [3.8, 4) is 11.5 Å². The molecule has 0 saturated carbocycles. The number of hydrogen-bond acceptors (Lipinski definition) is 3. The van der Waals surface area contributed by atoms with Gasteiger partial charge in [-0.05, 0) is 35.9 Å². The first-order chi connectivity index (χ1) is 10.2. The second kappa shape index (κ2) is 5.71. The van der Waals surface area contributed by atoms with Crippen molar-refractivity contribution in [3.63, 3.8) is 0 Å².